The van der Waals surface area contributed by atoms with Crippen LogP contribution in [0.2, 0.25) is 0 Å². The third kappa shape index (κ3) is 6.58. The van der Waals surface area contributed by atoms with E-state index in [1.54, 1.807) is 0 Å². The number of anilines is 3. The summed E-state index contributed by atoms with van der Waals surface area (Å²) < 4.78 is 5.02. The molecule has 2 heterocycles. The Morgan fingerprint density at radius 2 is 0.810 bits per heavy atom. The van der Waals surface area contributed by atoms with Crippen molar-refractivity contribution in [3.8, 4) is 50.2 Å². The zero-order valence-electron chi connectivity index (χ0n) is 34.4. The van der Waals surface area contributed by atoms with Gasteiger partial charge in [0.2, 0.25) is 0 Å². The van der Waals surface area contributed by atoms with Gasteiger partial charge in [0, 0.05) is 53.7 Å². The number of rotatable bonds is 8. The summed E-state index contributed by atoms with van der Waals surface area (Å²) in [4.78, 5) is 2.39. The maximum atomic E-state index is 2.39. The van der Waals surface area contributed by atoms with Gasteiger partial charge in [0.25, 0.3) is 0 Å². The molecule has 0 radical (unpaired) electrons. The van der Waals surface area contributed by atoms with Gasteiger partial charge in [-0.25, -0.2) is 0 Å². The Balaban J connectivity index is 0.946. The fraction of sp³-hybridized carbons (Fsp3) is 0. The molecule has 0 amide bonds. The number of fused-ring (bicyclic) bond motifs is 6. The van der Waals surface area contributed by atoms with E-state index in [1.165, 1.54) is 86.5 Å². The average molecular weight is 821 g/mol. The molecular formula is C60H40N2S. The molecule has 0 aliphatic carbocycles. The molecule has 12 rings (SSSR count). The maximum Gasteiger partial charge on any atom is 0.0547 e. The fourth-order valence-electron chi connectivity index (χ4n) is 9.33. The van der Waals surface area contributed by atoms with Gasteiger partial charge in [0.1, 0.15) is 0 Å². The molecular weight excluding hydrogens is 781 g/mol. The number of benzene rings is 10. The summed E-state index contributed by atoms with van der Waals surface area (Å²) in [5, 5.41) is 5.13. The third-order valence-electron chi connectivity index (χ3n) is 12.4. The summed E-state index contributed by atoms with van der Waals surface area (Å²) in [5.41, 5.74) is 16.5. The Kier molecular flexibility index (Phi) is 9.06. The van der Waals surface area contributed by atoms with E-state index in [-0.39, 0.29) is 0 Å². The van der Waals surface area contributed by atoms with Crippen LogP contribution in [0, 0.1) is 0 Å². The lowest BCUT2D eigenvalue weighted by atomic mass is 9.99. The molecule has 63 heavy (non-hydrogen) atoms. The van der Waals surface area contributed by atoms with Gasteiger partial charge in [0.15, 0.2) is 0 Å². The second-order valence-corrected chi connectivity index (χ2v) is 17.2. The van der Waals surface area contributed by atoms with Crippen LogP contribution in [0.5, 0.6) is 0 Å². The lowest BCUT2D eigenvalue weighted by Gasteiger charge is -2.26. The van der Waals surface area contributed by atoms with Crippen molar-refractivity contribution in [1.29, 1.82) is 0 Å². The van der Waals surface area contributed by atoms with Crippen LogP contribution in [0.4, 0.5) is 17.1 Å². The van der Waals surface area contributed by atoms with E-state index in [0.29, 0.717) is 0 Å². The summed E-state index contributed by atoms with van der Waals surface area (Å²) in [6, 6.07) is 88.3. The van der Waals surface area contributed by atoms with Gasteiger partial charge in [-0.3, -0.25) is 0 Å². The lowest BCUT2D eigenvalue weighted by molar-refractivity contribution is 1.18. The van der Waals surface area contributed by atoms with E-state index in [2.05, 4.69) is 252 Å². The van der Waals surface area contributed by atoms with Gasteiger partial charge in [-0.1, -0.05) is 176 Å². The number of aromatic nitrogens is 1. The van der Waals surface area contributed by atoms with Crippen LogP contribution in [-0.4, -0.2) is 4.57 Å². The Labute approximate surface area is 370 Å². The average Bonchev–Trinajstić information content (AvgIpc) is 3.91. The first-order valence-electron chi connectivity index (χ1n) is 21.5. The molecule has 0 aliphatic heterocycles. The molecule has 2 aromatic heterocycles. The molecule has 12 aromatic rings. The zero-order chi connectivity index (χ0) is 41.7. The quantitative estimate of drug-likeness (QED) is 0.148. The van der Waals surface area contributed by atoms with E-state index < -0.39 is 0 Å². The van der Waals surface area contributed by atoms with E-state index >= 15 is 0 Å². The molecule has 0 fully saturated rings. The molecule has 3 heteroatoms. The maximum absolute atomic E-state index is 2.39. The Morgan fingerprint density at radius 1 is 0.302 bits per heavy atom. The topological polar surface area (TPSA) is 8.17 Å². The zero-order valence-corrected chi connectivity index (χ0v) is 35.2. The van der Waals surface area contributed by atoms with Gasteiger partial charge in [-0.05, 0) is 111 Å². The Bertz CT molecular complexity index is 3580. The highest BCUT2D eigenvalue weighted by Crippen LogP contribution is 2.43. The second-order valence-electron chi connectivity index (χ2n) is 16.1. The van der Waals surface area contributed by atoms with E-state index in [1.807, 2.05) is 11.3 Å². The highest BCUT2D eigenvalue weighted by molar-refractivity contribution is 7.26. The number of nitrogens with zero attached hydrogens (tertiary/aromatic N) is 2. The Morgan fingerprint density at radius 3 is 1.52 bits per heavy atom. The molecule has 0 N–H and O–H groups in total. The van der Waals surface area contributed by atoms with Crippen molar-refractivity contribution in [2.75, 3.05) is 4.90 Å². The first-order chi connectivity index (χ1) is 31.2. The van der Waals surface area contributed by atoms with Crippen LogP contribution in [0.15, 0.2) is 243 Å². The van der Waals surface area contributed by atoms with Crippen molar-refractivity contribution in [1.82, 2.24) is 4.57 Å². The molecule has 2 nitrogen and oxygen atoms in total. The van der Waals surface area contributed by atoms with E-state index in [9.17, 15) is 0 Å². The van der Waals surface area contributed by atoms with Gasteiger partial charge < -0.3 is 9.47 Å². The number of para-hydroxylation sites is 2. The highest BCUT2D eigenvalue weighted by Gasteiger charge is 2.18. The predicted octanol–water partition coefficient (Wildman–Crippen LogP) is 17.3. The molecule has 0 saturated heterocycles. The molecule has 0 aliphatic rings. The van der Waals surface area contributed by atoms with Gasteiger partial charge in [-0.15, -0.1) is 11.3 Å². The summed E-state index contributed by atoms with van der Waals surface area (Å²) in [5.74, 6) is 0. The van der Waals surface area contributed by atoms with Crippen LogP contribution >= 0.6 is 11.3 Å². The number of hydrogen-bond acceptors (Lipinski definition) is 2. The Hall–Kier alpha value is -7.98. The molecule has 0 saturated carbocycles. The monoisotopic (exact) mass is 820 g/mol. The van der Waals surface area contributed by atoms with Crippen molar-refractivity contribution in [3.05, 3.63) is 243 Å². The lowest BCUT2D eigenvalue weighted by Crippen LogP contribution is -2.10. The van der Waals surface area contributed by atoms with Gasteiger partial charge >= 0.3 is 0 Å². The van der Waals surface area contributed by atoms with Crippen molar-refractivity contribution in [2.45, 2.75) is 0 Å². The van der Waals surface area contributed by atoms with E-state index in [0.717, 1.165) is 22.7 Å². The fourth-order valence-corrected chi connectivity index (χ4v) is 10.6. The summed E-state index contributed by atoms with van der Waals surface area (Å²) in [7, 11) is 0. The third-order valence-corrected chi connectivity index (χ3v) is 13.6. The molecule has 0 spiro atoms. The standard InChI is InChI=1S/C60H40N2S/c1-3-13-41(14-4-1)42-25-27-43(28-26-42)44-29-34-49(35-30-44)61(51-18-11-15-47(39-51)52-21-12-22-56-55-20-8-10-24-59(55)63-60(52)56)50-36-31-45(32-37-50)46-33-38-54-53-19-7-9-23-57(53)62(58(54)40-46)48-16-5-2-6-17-48/h1-40H. The molecule has 10 aromatic carbocycles. The van der Waals surface area contributed by atoms with E-state index in [4.69, 9.17) is 0 Å². The molecule has 0 unspecified atom stereocenters. The smallest absolute Gasteiger partial charge is 0.0547 e. The first kappa shape index (κ1) is 36.8. The predicted molar refractivity (Wildman–Crippen MR) is 270 cm³/mol. The van der Waals surface area contributed by atoms with Crippen molar-refractivity contribution >= 4 is 70.4 Å². The summed E-state index contributed by atoms with van der Waals surface area (Å²) in [6.45, 7) is 0. The molecule has 0 atom stereocenters. The minimum atomic E-state index is 1.09. The van der Waals surface area contributed by atoms with Crippen LogP contribution in [0.3, 0.4) is 0 Å². The van der Waals surface area contributed by atoms with Crippen molar-refractivity contribution < 1.29 is 0 Å². The van der Waals surface area contributed by atoms with Crippen LogP contribution in [-0.2, 0) is 0 Å². The van der Waals surface area contributed by atoms with Crippen molar-refractivity contribution in [2.24, 2.45) is 0 Å². The first-order valence-corrected chi connectivity index (χ1v) is 22.3. The number of hydrogen-bond donors (Lipinski definition) is 0. The van der Waals surface area contributed by atoms with Gasteiger partial charge in [0.05, 0.1) is 11.0 Å². The second kappa shape index (κ2) is 15.5. The number of thiophene rings is 1. The van der Waals surface area contributed by atoms with Crippen LogP contribution < -0.4 is 4.90 Å². The van der Waals surface area contributed by atoms with Crippen molar-refractivity contribution in [3.63, 3.8) is 0 Å². The normalized spacial score (nSPS) is 11.5. The van der Waals surface area contributed by atoms with Gasteiger partial charge in [-0.2, -0.15) is 0 Å². The minimum absolute atomic E-state index is 1.09. The molecule has 0 bridgehead atoms. The summed E-state index contributed by atoms with van der Waals surface area (Å²) >= 11 is 1.87. The highest BCUT2D eigenvalue weighted by atomic mass is 32.1. The minimum Gasteiger partial charge on any atom is -0.310 e. The molecule has 296 valence electrons. The largest absolute Gasteiger partial charge is 0.310 e. The van der Waals surface area contributed by atoms with Crippen LogP contribution in [0.1, 0.15) is 0 Å². The van der Waals surface area contributed by atoms with Crippen LogP contribution in [0.25, 0.3) is 92.2 Å². The SMILES string of the molecule is c1ccc(-c2ccc(-c3ccc(N(c4ccc(-c5ccc6c7ccccc7n(-c7ccccc7)c6c5)cc4)c4cccc(-c5cccc6c5sc5ccccc56)c4)cc3)cc2)cc1. The summed E-state index contributed by atoms with van der Waals surface area (Å²) in [6.07, 6.45) is 0.